The van der Waals surface area contributed by atoms with E-state index in [9.17, 15) is 0 Å². The third-order valence-electron chi connectivity index (χ3n) is 2.38. The van der Waals surface area contributed by atoms with Crippen LogP contribution in [0.5, 0.6) is 0 Å². The van der Waals surface area contributed by atoms with E-state index in [1.54, 1.807) is 0 Å². The minimum Gasteiger partial charge on any atom is -0.347 e. The second-order valence-electron chi connectivity index (χ2n) is 3.09. The Kier molecular flexibility index (Phi) is 1.93. The Bertz CT molecular complexity index is 437. The van der Waals surface area contributed by atoms with Crippen LogP contribution >= 0.6 is 0 Å². The fourth-order valence-corrected chi connectivity index (χ4v) is 1.70. The Morgan fingerprint density at radius 2 is 2.15 bits per heavy atom. The Morgan fingerprint density at radius 1 is 1.38 bits per heavy atom. The summed E-state index contributed by atoms with van der Waals surface area (Å²) in [4.78, 5) is 0. The van der Waals surface area contributed by atoms with Crippen LogP contribution in [0.15, 0.2) is 37.0 Å². The average molecular weight is 171 g/mol. The molecule has 0 bridgehead atoms. The van der Waals surface area contributed by atoms with Gasteiger partial charge in [-0.2, -0.15) is 0 Å². The first-order valence-electron chi connectivity index (χ1n) is 4.57. The normalized spacial score (nSPS) is 10.5. The first-order valence-corrected chi connectivity index (χ1v) is 4.57. The monoisotopic (exact) mass is 171 g/mol. The molecule has 0 amide bonds. The standard InChI is InChI=1S/C12H13N/c1-3-10-9-13(4-2)12-8-6-5-7-11(10)12/h3,5-9H,1,4H2,2H3. The highest BCUT2D eigenvalue weighted by Gasteiger charge is 2.02. The fraction of sp³-hybridized carbons (Fsp3) is 0.167. The topological polar surface area (TPSA) is 4.93 Å². The highest BCUT2D eigenvalue weighted by Crippen LogP contribution is 2.21. The van der Waals surface area contributed by atoms with Crippen LogP contribution < -0.4 is 0 Å². The van der Waals surface area contributed by atoms with E-state index < -0.39 is 0 Å². The predicted octanol–water partition coefficient (Wildman–Crippen LogP) is 3.30. The maximum Gasteiger partial charge on any atom is 0.0486 e. The lowest BCUT2D eigenvalue weighted by Gasteiger charge is -1.97. The van der Waals surface area contributed by atoms with Crippen LogP contribution in [0.25, 0.3) is 17.0 Å². The van der Waals surface area contributed by atoms with E-state index in [1.807, 2.05) is 6.08 Å². The summed E-state index contributed by atoms with van der Waals surface area (Å²) in [6.45, 7) is 6.98. The molecule has 1 aromatic carbocycles. The SMILES string of the molecule is C=Cc1cn(CC)c2ccccc12. The maximum absolute atomic E-state index is 3.82. The average Bonchev–Trinajstić information content (AvgIpc) is 2.56. The molecule has 0 aliphatic rings. The summed E-state index contributed by atoms with van der Waals surface area (Å²) in [7, 11) is 0. The zero-order chi connectivity index (χ0) is 9.26. The molecule has 1 nitrogen and oxygen atoms in total. The molecule has 1 heterocycles. The van der Waals surface area contributed by atoms with Gasteiger partial charge in [0.25, 0.3) is 0 Å². The Hall–Kier alpha value is -1.50. The first-order chi connectivity index (χ1) is 6.36. The molecule has 2 rings (SSSR count). The van der Waals surface area contributed by atoms with Crippen LogP contribution in [-0.2, 0) is 6.54 Å². The van der Waals surface area contributed by atoms with E-state index in [-0.39, 0.29) is 0 Å². The Balaban J connectivity index is 2.81. The van der Waals surface area contributed by atoms with E-state index >= 15 is 0 Å². The molecule has 13 heavy (non-hydrogen) atoms. The van der Waals surface area contributed by atoms with Gasteiger partial charge in [-0.3, -0.25) is 0 Å². The highest BCUT2D eigenvalue weighted by molar-refractivity contribution is 5.89. The van der Waals surface area contributed by atoms with Gasteiger partial charge in [-0.15, -0.1) is 0 Å². The summed E-state index contributed by atoms with van der Waals surface area (Å²) in [5.41, 5.74) is 2.51. The minimum absolute atomic E-state index is 1.01. The molecule has 0 saturated heterocycles. The zero-order valence-electron chi connectivity index (χ0n) is 7.83. The summed E-state index contributed by atoms with van der Waals surface area (Å²) in [5.74, 6) is 0. The molecule has 0 N–H and O–H groups in total. The van der Waals surface area contributed by atoms with Gasteiger partial charge in [-0.1, -0.05) is 30.9 Å². The third-order valence-corrected chi connectivity index (χ3v) is 2.38. The largest absolute Gasteiger partial charge is 0.347 e. The number of benzene rings is 1. The van der Waals surface area contributed by atoms with Crippen LogP contribution in [-0.4, -0.2) is 4.57 Å². The molecular weight excluding hydrogens is 158 g/mol. The molecule has 0 saturated carbocycles. The van der Waals surface area contributed by atoms with E-state index in [0.717, 1.165) is 6.54 Å². The summed E-state index contributed by atoms with van der Waals surface area (Å²) >= 11 is 0. The number of fused-ring (bicyclic) bond motifs is 1. The third kappa shape index (κ3) is 1.17. The number of para-hydroxylation sites is 1. The van der Waals surface area contributed by atoms with E-state index in [2.05, 4.69) is 48.5 Å². The summed E-state index contributed by atoms with van der Waals surface area (Å²) in [6, 6.07) is 8.42. The van der Waals surface area contributed by atoms with Gasteiger partial charge in [-0.25, -0.2) is 0 Å². The molecule has 1 aromatic heterocycles. The fourth-order valence-electron chi connectivity index (χ4n) is 1.70. The van der Waals surface area contributed by atoms with Crippen molar-refractivity contribution in [2.45, 2.75) is 13.5 Å². The van der Waals surface area contributed by atoms with Crippen molar-refractivity contribution in [3.63, 3.8) is 0 Å². The molecule has 66 valence electrons. The lowest BCUT2D eigenvalue weighted by Crippen LogP contribution is -1.89. The summed E-state index contributed by atoms with van der Waals surface area (Å²) in [5, 5.41) is 1.29. The molecule has 0 fully saturated rings. The molecule has 2 aromatic rings. The highest BCUT2D eigenvalue weighted by atomic mass is 14.9. The second-order valence-corrected chi connectivity index (χ2v) is 3.09. The van der Waals surface area contributed by atoms with Crippen LogP contribution in [0.1, 0.15) is 12.5 Å². The predicted molar refractivity (Wildman–Crippen MR) is 57.7 cm³/mol. The van der Waals surface area contributed by atoms with Crippen molar-refractivity contribution >= 4 is 17.0 Å². The molecular formula is C12H13N. The Labute approximate surface area is 78.3 Å². The lowest BCUT2D eigenvalue weighted by molar-refractivity contribution is 0.797. The van der Waals surface area contributed by atoms with Crippen molar-refractivity contribution in [1.29, 1.82) is 0 Å². The van der Waals surface area contributed by atoms with Crippen molar-refractivity contribution in [3.8, 4) is 0 Å². The van der Waals surface area contributed by atoms with Gasteiger partial charge in [-0.05, 0) is 18.6 Å². The van der Waals surface area contributed by atoms with Gasteiger partial charge in [0.05, 0.1) is 0 Å². The van der Waals surface area contributed by atoms with Crippen molar-refractivity contribution in [3.05, 3.63) is 42.6 Å². The van der Waals surface area contributed by atoms with Crippen LogP contribution in [0.2, 0.25) is 0 Å². The number of rotatable bonds is 2. The van der Waals surface area contributed by atoms with Crippen molar-refractivity contribution in [2.24, 2.45) is 0 Å². The van der Waals surface area contributed by atoms with Gasteiger partial charge in [0.1, 0.15) is 0 Å². The maximum atomic E-state index is 3.82. The number of aryl methyl sites for hydroxylation is 1. The minimum atomic E-state index is 1.01. The van der Waals surface area contributed by atoms with Gasteiger partial charge in [0.15, 0.2) is 0 Å². The summed E-state index contributed by atoms with van der Waals surface area (Å²) in [6.07, 6.45) is 4.06. The number of nitrogens with zero attached hydrogens (tertiary/aromatic N) is 1. The van der Waals surface area contributed by atoms with Crippen LogP contribution in [0.4, 0.5) is 0 Å². The number of hydrogen-bond donors (Lipinski definition) is 0. The first kappa shape index (κ1) is 8.11. The lowest BCUT2D eigenvalue weighted by atomic mass is 10.2. The van der Waals surface area contributed by atoms with Crippen molar-refractivity contribution in [1.82, 2.24) is 4.57 Å². The smallest absolute Gasteiger partial charge is 0.0486 e. The molecule has 0 radical (unpaired) electrons. The summed E-state index contributed by atoms with van der Waals surface area (Å²) < 4.78 is 2.24. The zero-order valence-corrected chi connectivity index (χ0v) is 7.83. The van der Waals surface area contributed by atoms with Gasteiger partial charge < -0.3 is 4.57 Å². The Morgan fingerprint density at radius 3 is 2.85 bits per heavy atom. The van der Waals surface area contributed by atoms with E-state index in [1.165, 1.54) is 16.5 Å². The van der Waals surface area contributed by atoms with Crippen molar-refractivity contribution < 1.29 is 0 Å². The molecule has 0 spiro atoms. The van der Waals surface area contributed by atoms with E-state index in [0.29, 0.717) is 0 Å². The van der Waals surface area contributed by atoms with E-state index in [4.69, 9.17) is 0 Å². The molecule has 0 atom stereocenters. The number of hydrogen-bond acceptors (Lipinski definition) is 0. The van der Waals surface area contributed by atoms with Crippen LogP contribution in [0.3, 0.4) is 0 Å². The van der Waals surface area contributed by atoms with Gasteiger partial charge in [0.2, 0.25) is 0 Å². The molecule has 0 aliphatic heterocycles. The molecule has 1 heteroatoms. The van der Waals surface area contributed by atoms with Gasteiger partial charge >= 0.3 is 0 Å². The second kappa shape index (κ2) is 3.09. The quantitative estimate of drug-likeness (QED) is 0.653. The molecule has 0 aliphatic carbocycles. The van der Waals surface area contributed by atoms with Gasteiger partial charge in [0, 0.05) is 23.6 Å². The molecule has 0 unspecified atom stereocenters. The van der Waals surface area contributed by atoms with Crippen molar-refractivity contribution in [2.75, 3.05) is 0 Å². The number of aromatic nitrogens is 1. The van der Waals surface area contributed by atoms with Crippen LogP contribution in [0, 0.1) is 0 Å².